The van der Waals surface area contributed by atoms with E-state index in [9.17, 15) is 9.59 Å². The van der Waals surface area contributed by atoms with Crippen molar-refractivity contribution in [2.75, 3.05) is 23.8 Å². The Labute approximate surface area is 185 Å². The highest BCUT2D eigenvalue weighted by atomic mass is 32.1. The molecule has 1 aliphatic rings. The summed E-state index contributed by atoms with van der Waals surface area (Å²) in [5, 5.41) is 23.6. The second-order valence-corrected chi connectivity index (χ2v) is 8.18. The summed E-state index contributed by atoms with van der Waals surface area (Å²) in [5.41, 5.74) is 2.34. The molecule has 4 N–H and O–H groups in total. The first kappa shape index (κ1) is 20.2. The molecule has 1 aliphatic heterocycles. The molecule has 0 aromatic carbocycles. The number of anilines is 2. The van der Waals surface area contributed by atoms with Crippen molar-refractivity contribution in [3.8, 4) is 0 Å². The average Bonchev–Trinajstić information content (AvgIpc) is 3.39. The molecule has 32 heavy (non-hydrogen) atoms. The van der Waals surface area contributed by atoms with Crippen molar-refractivity contribution in [3.05, 3.63) is 47.7 Å². The lowest BCUT2D eigenvalue weighted by Gasteiger charge is -2.31. The van der Waals surface area contributed by atoms with Crippen molar-refractivity contribution in [3.63, 3.8) is 0 Å². The molecule has 5 rings (SSSR count). The number of rotatable bonds is 5. The molecular weight excluding hydrogens is 434 g/mol. The van der Waals surface area contributed by atoms with E-state index in [1.165, 1.54) is 11.3 Å². The third-order valence-corrected chi connectivity index (χ3v) is 6.12. The Hall–Kier alpha value is -3.77. The number of amides is 2. The Bertz CT molecular complexity index is 1300. The monoisotopic (exact) mass is 453 g/mol. The minimum absolute atomic E-state index is 0.230. The summed E-state index contributed by atoms with van der Waals surface area (Å²) in [6.45, 7) is 0.765. The first-order valence-electron chi connectivity index (χ1n) is 9.90. The number of carbonyl (C=O) groups is 2. The van der Waals surface area contributed by atoms with Crippen LogP contribution in [0.2, 0.25) is 0 Å². The Kier molecular flexibility index (Phi) is 5.29. The summed E-state index contributed by atoms with van der Waals surface area (Å²) in [7, 11) is 0. The van der Waals surface area contributed by atoms with Gasteiger partial charge in [0.05, 0.1) is 58.1 Å². The second-order valence-electron chi connectivity index (χ2n) is 7.27. The van der Waals surface area contributed by atoms with E-state index in [4.69, 9.17) is 9.84 Å². The normalized spacial score (nSPS) is 18.5. The van der Waals surface area contributed by atoms with Gasteiger partial charge in [0.2, 0.25) is 5.95 Å². The number of carbonyl (C=O) groups excluding carboxylic acids is 1. The molecule has 2 amide bonds. The van der Waals surface area contributed by atoms with Crippen molar-refractivity contribution in [1.82, 2.24) is 24.9 Å². The number of hydrogen-bond acceptors (Lipinski definition) is 8. The van der Waals surface area contributed by atoms with Gasteiger partial charge in [0.25, 0.3) is 5.91 Å². The van der Waals surface area contributed by atoms with E-state index in [0.29, 0.717) is 35.7 Å². The average molecular weight is 453 g/mol. The SMILES string of the molecule is O=C(O)N[C@H]1COCC[C@H]1Nc1ncc2scc(C(=O)Nc3cnn4ccccc34)c2n1. The van der Waals surface area contributed by atoms with Crippen molar-refractivity contribution in [1.29, 1.82) is 0 Å². The van der Waals surface area contributed by atoms with Crippen molar-refractivity contribution >= 4 is 50.7 Å². The zero-order chi connectivity index (χ0) is 22.1. The molecule has 5 heterocycles. The van der Waals surface area contributed by atoms with Crippen molar-refractivity contribution < 1.29 is 19.4 Å². The molecule has 0 unspecified atom stereocenters. The topological polar surface area (TPSA) is 143 Å². The molecule has 2 atom stereocenters. The van der Waals surface area contributed by atoms with E-state index in [0.717, 1.165) is 10.2 Å². The third kappa shape index (κ3) is 3.92. The van der Waals surface area contributed by atoms with E-state index in [1.54, 1.807) is 28.5 Å². The quantitative estimate of drug-likeness (QED) is 0.361. The molecule has 12 heteroatoms. The van der Waals surface area contributed by atoms with E-state index in [1.807, 2.05) is 18.2 Å². The highest BCUT2D eigenvalue weighted by Gasteiger charge is 2.28. The van der Waals surface area contributed by atoms with Gasteiger partial charge in [-0.25, -0.2) is 19.3 Å². The van der Waals surface area contributed by atoms with Gasteiger partial charge in [0, 0.05) is 18.2 Å². The van der Waals surface area contributed by atoms with E-state index >= 15 is 0 Å². The fourth-order valence-electron chi connectivity index (χ4n) is 3.66. The van der Waals surface area contributed by atoms with Gasteiger partial charge in [0.1, 0.15) is 0 Å². The number of nitrogens with one attached hydrogen (secondary N) is 3. The second kappa shape index (κ2) is 8.40. The minimum atomic E-state index is -1.12. The van der Waals surface area contributed by atoms with Crippen molar-refractivity contribution in [2.45, 2.75) is 18.5 Å². The van der Waals surface area contributed by atoms with Crippen LogP contribution in [-0.2, 0) is 4.74 Å². The maximum Gasteiger partial charge on any atom is 0.405 e. The molecule has 0 spiro atoms. The summed E-state index contributed by atoms with van der Waals surface area (Å²) in [6.07, 6.45) is 4.54. The lowest BCUT2D eigenvalue weighted by molar-refractivity contribution is 0.0625. The number of carboxylic acid groups (broad SMARTS) is 1. The number of thiophene rings is 1. The maximum atomic E-state index is 13.0. The predicted octanol–water partition coefficient (Wildman–Crippen LogP) is 2.43. The lowest BCUT2D eigenvalue weighted by Crippen LogP contribution is -2.52. The molecule has 0 bridgehead atoms. The predicted molar refractivity (Wildman–Crippen MR) is 118 cm³/mol. The first-order chi connectivity index (χ1) is 15.6. The highest BCUT2D eigenvalue weighted by molar-refractivity contribution is 7.17. The number of hydrogen-bond donors (Lipinski definition) is 4. The fourth-order valence-corrected chi connectivity index (χ4v) is 4.50. The van der Waals surface area contributed by atoms with Gasteiger partial charge >= 0.3 is 6.09 Å². The Balaban J connectivity index is 1.38. The van der Waals surface area contributed by atoms with E-state index in [2.05, 4.69) is 31.0 Å². The molecule has 0 saturated carbocycles. The summed E-state index contributed by atoms with van der Waals surface area (Å²) in [4.78, 5) is 32.9. The third-order valence-electron chi connectivity index (χ3n) is 5.21. The Morgan fingerprint density at radius 1 is 1.25 bits per heavy atom. The Morgan fingerprint density at radius 3 is 3.03 bits per heavy atom. The van der Waals surface area contributed by atoms with Crippen molar-refractivity contribution in [2.24, 2.45) is 0 Å². The van der Waals surface area contributed by atoms with Crippen LogP contribution in [-0.4, -0.2) is 62.0 Å². The minimum Gasteiger partial charge on any atom is -0.465 e. The molecule has 4 aromatic heterocycles. The van der Waals surface area contributed by atoms with Gasteiger partial charge in [-0.1, -0.05) is 6.07 Å². The number of fused-ring (bicyclic) bond motifs is 2. The summed E-state index contributed by atoms with van der Waals surface area (Å²) in [5.74, 6) is 0.0289. The van der Waals surface area contributed by atoms with Crippen LogP contribution >= 0.6 is 11.3 Å². The van der Waals surface area contributed by atoms with Gasteiger partial charge in [-0.2, -0.15) is 5.10 Å². The van der Waals surface area contributed by atoms with E-state index in [-0.39, 0.29) is 18.6 Å². The highest BCUT2D eigenvalue weighted by Crippen LogP contribution is 2.27. The summed E-state index contributed by atoms with van der Waals surface area (Å²) < 4.78 is 7.83. The number of nitrogens with zero attached hydrogens (tertiary/aromatic N) is 4. The zero-order valence-electron chi connectivity index (χ0n) is 16.7. The van der Waals surface area contributed by atoms with E-state index < -0.39 is 12.1 Å². The van der Waals surface area contributed by atoms with Crippen LogP contribution < -0.4 is 16.0 Å². The van der Waals surface area contributed by atoms with Gasteiger partial charge < -0.3 is 25.8 Å². The lowest BCUT2D eigenvalue weighted by atomic mass is 10.0. The summed E-state index contributed by atoms with van der Waals surface area (Å²) >= 11 is 1.38. The molecule has 4 aromatic rings. The van der Waals surface area contributed by atoms with Crippen LogP contribution in [0, 0.1) is 0 Å². The fraction of sp³-hybridized carbons (Fsp3) is 0.250. The van der Waals surface area contributed by atoms with Crippen LogP contribution in [0.5, 0.6) is 0 Å². The summed E-state index contributed by atoms with van der Waals surface area (Å²) in [6, 6.07) is 4.95. The standard InChI is InChI=1S/C20H19N7O4S/c28-18(23-13-7-22-27-5-2-1-3-15(13)27)11-10-32-16-8-21-19(26-17(11)16)24-12-4-6-31-9-14(12)25-20(29)30/h1-3,5,7-8,10,12,14,25H,4,6,9H2,(H,23,28)(H,29,30)(H,21,24,26)/t12-,14+/m1/s1. The van der Waals surface area contributed by atoms with Gasteiger partial charge in [0.15, 0.2) is 0 Å². The van der Waals surface area contributed by atoms with Crippen LogP contribution in [0.15, 0.2) is 42.2 Å². The van der Waals surface area contributed by atoms with Crippen LogP contribution in [0.4, 0.5) is 16.4 Å². The molecule has 0 aliphatic carbocycles. The number of pyridine rings is 1. The van der Waals surface area contributed by atoms with Crippen LogP contribution in [0.25, 0.3) is 15.7 Å². The van der Waals surface area contributed by atoms with Gasteiger partial charge in [-0.15, -0.1) is 11.3 Å². The molecule has 1 saturated heterocycles. The van der Waals surface area contributed by atoms with Gasteiger partial charge in [-0.3, -0.25) is 4.79 Å². The van der Waals surface area contributed by atoms with Gasteiger partial charge in [-0.05, 0) is 18.6 Å². The largest absolute Gasteiger partial charge is 0.465 e. The first-order valence-corrected chi connectivity index (χ1v) is 10.8. The number of ether oxygens (including phenoxy) is 1. The maximum absolute atomic E-state index is 13.0. The number of aromatic nitrogens is 4. The molecule has 0 radical (unpaired) electrons. The zero-order valence-corrected chi connectivity index (χ0v) is 17.5. The van der Waals surface area contributed by atoms with Crippen LogP contribution in [0.1, 0.15) is 16.8 Å². The smallest absolute Gasteiger partial charge is 0.405 e. The Morgan fingerprint density at radius 2 is 2.16 bits per heavy atom. The molecule has 1 fully saturated rings. The molecule has 164 valence electrons. The van der Waals surface area contributed by atoms with Crippen LogP contribution in [0.3, 0.4) is 0 Å². The molecule has 11 nitrogen and oxygen atoms in total. The molecular formula is C20H19N7O4S.